The van der Waals surface area contributed by atoms with Crippen molar-refractivity contribution >= 4 is 11.8 Å². The molecule has 1 aromatic carbocycles. The molecule has 0 fully saturated rings. The molecule has 0 atom stereocenters. The molecule has 1 heterocycles. The number of nitrogens with zero attached hydrogens (tertiary/aromatic N) is 3. The summed E-state index contributed by atoms with van der Waals surface area (Å²) < 4.78 is 0. The molecule has 0 bridgehead atoms. The largest absolute Gasteiger partial charge is 0.192 e. The third-order valence-corrected chi connectivity index (χ3v) is 3.05. The molecular weight excluding hydrogens is 218 g/mol. The molecular formula is C12H9N3S. The minimum atomic E-state index is 0.556. The fraction of sp³-hybridized carbons (Fsp3) is 0.0833. The molecule has 0 amide bonds. The molecule has 3 nitrogen and oxygen atoms in total. The summed E-state index contributed by atoms with van der Waals surface area (Å²) in [7, 11) is 0. The SMILES string of the molecule is Cc1ccc(Sc2nnccc2C#N)cc1. The second kappa shape index (κ2) is 4.77. The van der Waals surface area contributed by atoms with Crippen molar-refractivity contribution in [2.75, 3.05) is 0 Å². The number of benzene rings is 1. The predicted octanol–water partition coefficient (Wildman–Crippen LogP) is 2.81. The molecule has 0 spiro atoms. The second-order valence-electron chi connectivity index (χ2n) is 3.28. The van der Waals surface area contributed by atoms with Crippen LogP contribution in [-0.2, 0) is 0 Å². The van der Waals surface area contributed by atoms with Crippen LogP contribution in [0.15, 0.2) is 46.5 Å². The molecule has 0 aliphatic rings. The van der Waals surface area contributed by atoms with Gasteiger partial charge in [0, 0.05) is 4.90 Å². The number of hydrogen-bond donors (Lipinski definition) is 0. The van der Waals surface area contributed by atoms with Gasteiger partial charge in [0.25, 0.3) is 0 Å². The molecule has 2 rings (SSSR count). The van der Waals surface area contributed by atoms with Gasteiger partial charge in [0.15, 0.2) is 0 Å². The van der Waals surface area contributed by atoms with Gasteiger partial charge in [-0.05, 0) is 25.1 Å². The maximum Gasteiger partial charge on any atom is 0.141 e. The molecule has 0 N–H and O–H groups in total. The first-order chi connectivity index (χ1) is 7.79. The van der Waals surface area contributed by atoms with Crippen LogP contribution < -0.4 is 0 Å². The van der Waals surface area contributed by atoms with E-state index >= 15 is 0 Å². The fourth-order valence-corrected chi connectivity index (χ4v) is 2.00. The highest BCUT2D eigenvalue weighted by molar-refractivity contribution is 7.99. The molecule has 0 saturated heterocycles. The summed E-state index contributed by atoms with van der Waals surface area (Å²) in [5, 5.41) is 17.3. The summed E-state index contributed by atoms with van der Waals surface area (Å²) in [6.07, 6.45) is 1.53. The lowest BCUT2D eigenvalue weighted by Crippen LogP contribution is -1.88. The van der Waals surface area contributed by atoms with Gasteiger partial charge in [-0.15, -0.1) is 5.10 Å². The summed E-state index contributed by atoms with van der Waals surface area (Å²) in [5.41, 5.74) is 1.77. The van der Waals surface area contributed by atoms with Gasteiger partial charge in [0.1, 0.15) is 11.1 Å². The van der Waals surface area contributed by atoms with Crippen LogP contribution in [0, 0.1) is 18.3 Å². The summed E-state index contributed by atoms with van der Waals surface area (Å²) in [6, 6.07) is 11.9. The van der Waals surface area contributed by atoms with Gasteiger partial charge in [0.05, 0.1) is 11.8 Å². The lowest BCUT2D eigenvalue weighted by molar-refractivity contribution is 0.919. The van der Waals surface area contributed by atoms with Crippen molar-refractivity contribution in [3.05, 3.63) is 47.7 Å². The summed E-state index contributed by atoms with van der Waals surface area (Å²) in [6.45, 7) is 2.04. The Balaban J connectivity index is 2.27. The Morgan fingerprint density at radius 1 is 1.19 bits per heavy atom. The highest BCUT2D eigenvalue weighted by Crippen LogP contribution is 2.27. The van der Waals surface area contributed by atoms with E-state index in [-0.39, 0.29) is 0 Å². The van der Waals surface area contributed by atoms with Crippen molar-refractivity contribution in [2.24, 2.45) is 0 Å². The van der Waals surface area contributed by atoms with E-state index in [1.807, 2.05) is 31.2 Å². The van der Waals surface area contributed by atoms with Gasteiger partial charge < -0.3 is 0 Å². The minimum absolute atomic E-state index is 0.556. The first-order valence-corrected chi connectivity index (χ1v) is 5.57. The number of rotatable bonds is 2. The van der Waals surface area contributed by atoms with Crippen molar-refractivity contribution < 1.29 is 0 Å². The lowest BCUT2D eigenvalue weighted by atomic mass is 10.2. The second-order valence-corrected chi connectivity index (χ2v) is 4.34. The first-order valence-electron chi connectivity index (χ1n) is 4.76. The molecule has 2 aromatic rings. The van der Waals surface area contributed by atoms with Crippen LogP contribution in [0.25, 0.3) is 0 Å². The molecule has 0 aliphatic heterocycles. The quantitative estimate of drug-likeness (QED) is 0.791. The van der Waals surface area contributed by atoms with Gasteiger partial charge in [-0.2, -0.15) is 10.4 Å². The molecule has 0 saturated carbocycles. The van der Waals surface area contributed by atoms with Gasteiger partial charge >= 0.3 is 0 Å². The van der Waals surface area contributed by atoms with E-state index in [1.165, 1.54) is 23.5 Å². The molecule has 0 unspecified atom stereocenters. The zero-order valence-corrected chi connectivity index (χ0v) is 9.53. The minimum Gasteiger partial charge on any atom is -0.192 e. The topological polar surface area (TPSA) is 49.6 Å². The predicted molar refractivity (Wildman–Crippen MR) is 62.0 cm³/mol. The van der Waals surface area contributed by atoms with E-state index < -0.39 is 0 Å². The molecule has 78 valence electrons. The number of nitriles is 1. The highest BCUT2D eigenvalue weighted by Gasteiger charge is 2.05. The molecule has 0 aliphatic carbocycles. The zero-order chi connectivity index (χ0) is 11.4. The Kier molecular flexibility index (Phi) is 3.18. The standard InChI is InChI=1S/C12H9N3S/c1-9-2-4-11(5-3-9)16-12-10(8-13)6-7-14-15-12/h2-7H,1H3. The van der Waals surface area contributed by atoms with Gasteiger partial charge in [-0.1, -0.05) is 29.5 Å². The maximum atomic E-state index is 8.91. The smallest absolute Gasteiger partial charge is 0.141 e. The van der Waals surface area contributed by atoms with Gasteiger partial charge in [-0.3, -0.25) is 0 Å². The Morgan fingerprint density at radius 3 is 2.62 bits per heavy atom. The Labute approximate surface area is 98.1 Å². The van der Waals surface area contributed by atoms with Crippen molar-refractivity contribution in [2.45, 2.75) is 16.8 Å². The fourth-order valence-electron chi connectivity index (χ4n) is 1.20. The van der Waals surface area contributed by atoms with Gasteiger partial charge in [0.2, 0.25) is 0 Å². The highest BCUT2D eigenvalue weighted by atomic mass is 32.2. The zero-order valence-electron chi connectivity index (χ0n) is 8.71. The van der Waals surface area contributed by atoms with E-state index in [0.717, 1.165) is 4.90 Å². The van der Waals surface area contributed by atoms with Crippen LogP contribution in [-0.4, -0.2) is 10.2 Å². The molecule has 1 aromatic heterocycles. The number of hydrogen-bond acceptors (Lipinski definition) is 4. The monoisotopic (exact) mass is 227 g/mol. The van der Waals surface area contributed by atoms with Crippen LogP contribution in [0.3, 0.4) is 0 Å². The lowest BCUT2D eigenvalue weighted by Gasteiger charge is -2.01. The third-order valence-electron chi connectivity index (χ3n) is 2.04. The Hall–Kier alpha value is -1.86. The molecule has 0 radical (unpaired) electrons. The van der Waals surface area contributed by atoms with E-state index in [0.29, 0.717) is 10.6 Å². The normalized spacial score (nSPS) is 9.75. The third kappa shape index (κ3) is 2.38. The van der Waals surface area contributed by atoms with Crippen molar-refractivity contribution in [1.29, 1.82) is 5.26 Å². The Morgan fingerprint density at radius 2 is 1.94 bits per heavy atom. The molecule has 4 heteroatoms. The summed E-state index contributed by atoms with van der Waals surface area (Å²) >= 11 is 1.45. The van der Waals surface area contributed by atoms with Crippen molar-refractivity contribution in [1.82, 2.24) is 10.2 Å². The van der Waals surface area contributed by atoms with Gasteiger partial charge in [-0.25, -0.2) is 0 Å². The maximum absolute atomic E-state index is 8.91. The summed E-state index contributed by atoms with van der Waals surface area (Å²) in [4.78, 5) is 1.06. The van der Waals surface area contributed by atoms with Crippen LogP contribution in [0.5, 0.6) is 0 Å². The first kappa shape index (κ1) is 10.7. The van der Waals surface area contributed by atoms with E-state index in [2.05, 4.69) is 16.3 Å². The van der Waals surface area contributed by atoms with Crippen molar-refractivity contribution in [3.8, 4) is 6.07 Å². The van der Waals surface area contributed by atoms with Crippen LogP contribution in [0.4, 0.5) is 0 Å². The van der Waals surface area contributed by atoms with E-state index in [1.54, 1.807) is 6.07 Å². The number of aromatic nitrogens is 2. The summed E-state index contributed by atoms with van der Waals surface area (Å²) in [5.74, 6) is 0. The average molecular weight is 227 g/mol. The average Bonchev–Trinajstić information content (AvgIpc) is 2.33. The van der Waals surface area contributed by atoms with Crippen molar-refractivity contribution in [3.63, 3.8) is 0 Å². The Bertz CT molecular complexity index is 529. The number of aryl methyl sites for hydroxylation is 1. The van der Waals surface area contributed by atoms with E-state index in [4.69, 9.17) is 5.26 Å². The van der Waals surface area contributed by atoms with E-state index in [9.17, 15) is 0 Å². The molecule has 16 heavy (non-hydrogen) atoms. The van der Waals surface area contributed by atoms with Crippen LogP contribution in [0.1, 0.15) is 11.1 Å². The van der Waals surface area contributed by atoms with Crippen LogP contribution >= 0.6 is 11.8 Å². The van der Waals surface area contributed by atoms with Crippen LogP contribution in [0.2, 0.25) is 0 Å².